The second-order valence-corrected chi connectivity index (χ2v) is 11.8. The fraction of sp³-hybridized carbons (Fsp3) is 0.333. The second kappa shape index (κ2) is 14.9. The summed E-state index contributed by atoms with van der Waals surface area (Å²) in [5, 5.41) is 36.4. The van der Waals surface area contributed by atoms with Gasteiger partial charge in [-0.15, -0.1) is 0 Å². The Kier molecular flexibility index (Phi) is 10.2. The number of halogens is 3. The van der Waals surface area contributed by atoms with E-state index >= 15 is 4.39 Å². The van der Waals surface area contributed by atoms with E-state index in [1.165, 1.54) is 18.2 Å². The Bertz CT molecular complexity index is 2070. The molecule has 4 heterocycles. The van der Waals surface area contributed by atoms with Crippen molar-refractivity contribution in [1.82, 2.24) is 30.8 Å². The van der Waals surface area contributed by atoms with Crippen molar-refractivity contribution in [3.63, 3.8) is 0 Å². The predicted octanol–water partition coefficient (Wildman–Crippen LogP) is 5.14. The number of hydrogen-bond acceptors (Lipinski definition) is 10. The Morgan fingerprint density at radius 3 is 2.02 bits per heavy atom. The van der Waals surface area contributed by atoms with Gasteiger partial charge in [0.25, 0.3) is 11.8 Å². The van der Waals surface area contributed by atoms with Crippen molar-refractivity contribution in [2.45, 2.75) is 44.8 Å². The van der Waals surface area contributed by atoms with Crippen LogP contribution in [-0.2, 0) is 9.47 Å². The molecule has 4 N–H and O–H groups in total. The molecular weight excluding hydrogens is 682 g/mol. The zero-order valence-electron chi connectivity index (χ0n) is 26.1. The number of aromatic amines is 2. The number of carboxylic acid groups (broad SMARTS) is 2. The summed E-state index contributed by atoms with van der Waals surface area (Å²) in [4.78, 5) is 22.6. The van der Waals surface area contributed by atoms with Crippen LogP contribution in [-0.4, -0.2) is 78.4 Å². The Morgan fingerprint density at radius 1 is 0.880 bits per heavy atom. The topological polar surface area (TPSA) is 195 Å². The first-order chi connectivity index (χ1) is 24.1. The lowest BCUT2D eigenvalue weighted by Crippen LogP contribution is -2.40. The molecule has 6 rings (SSSR count). The predicted molar refractivity (Wildman–Crippen MR) is 168 cm³/mol. The van der Waals surface area contributed by atoms with Crippen LogP contribution in [0.1, 0.15) is 63.4 Å². The number of ether oxygens (including phenoxy) is 4. The third kappa shape index (κ3) is 7.68. The van der Waals surface area contributed by atoms with E-state index < -0.39 is 35.1 Å². The number of carboxylic acids is 2. The molecule has 4 atom stereocenters. The normalized spacial score (nSPS) is 20.2. The minimum atomic E-state index is -1.38. The zero-order chi connectivity index (χ0) is 35.4. The third-order valence-electron chi connectivity index (χ3n) is 8.11. The van der Waals surface area contributed by atoms with Crippen molar-refractivity contribution >= 4 is 23.5 Å². The number of aromatic carboxylic acids is 2. The Morgan fingerprint density at radius 2 is 1.44 bits per heavy atom. The van der Waals surface area contributed by atoms with Crippen LogP contribution < -0.4 is 9.47 Å². The lowest BCUT2D eigenvalue weighted by Gasteiger charge is -2.36. The van der Waals surface area contributed by atoms with Gasteiger partial charge in [-0.1, -0.05) is 55.9 Å². The van der Waals surface area contributed by atoms with E-state index in [2.05, 4.69) is 54.5 Å². The van der Waals surface area contributed by atoms with Crippen molar-refractivity contribution in [3.05, 3.63) is 69.0 Å². The summed E-state index contributed by atoms with van der Waals surface area (Å²) in [6.07, 6.45) is 1.93. The van der Waals surface area contributed by atoms with Crippen molar-refractivity contribution in [1.29, 1.82) is 0 Å². The largest absolute Gasteiger partial charge is 0.476 e. The number of carbonyl (C=O) groups is 2. The van der Waals surface area contributed by atoms with E-state index in [0.717, 1.165) is 6.07 Å². The molecule has 0 aliphatic carbocycles. The maximum atomic E-state index is 15.0. The summed E-state index contributed by atoms with van der Waals surface area (Å²) in [5.74, 6) is 6.98. The highest BCUT2D eigenvalue weighted by molar-refractivity contribution is 6.32. The van der Waals surface area contributed by atoms with Crippen molar-refractivity contribution in [2.24, 2.45) is 11.8 Å². The van der Waals surface area contributed by atoms with Crippen molar-refractivity contribution < 1.29 is 47.5 Å². The van der Waals surface area contributed by atoms with Crippen LogP contribution >= 0.6 is 11.6 Å². The number of benzene rings is 2. The molecule has 17 heteroatoms. The molecule has 2 aliphatic rings. The molecule has 2 aromatic carbocycles. The maximum Gasteiger partial charge on any atom is 0.359 e. The minimum absolute atomic E-state index is 0.0237. The Labute approximate surface area is 287 Å². The molecule has 2 fully saturated rings. The minimum Gasteiger partial charge on any atom is -0.476 e. The number of nitrogens with one attached hydrogen (secondary N) is 2. The fourth-order valence-corrected chi connectivity index (χ4v) is 5.62. The van der Waals surface area contributed by atoms with E-state index in [1.807, 2.05) is 0 Å². The molecule has 0 bridgehead atoms. The van der Waals surface area contributed by atoms with Gasteiger partial charge in [0.15, 0.2) is 11.6 Å². The van der Waals surface area contributed by atoms with Gasteiger partial charge in [0.1, 0.15) is 11.6 Å². The van der Waals surface area contributed by atoms with Crippen LogP contribution in [0.3, 0.4) is 0 Å². The summed E-state index contributed by atoms with van der Waals surface area (Å²) in [7, 11) is 0. The van der Waals surface area contributed by atoms with Crippen molar-refractivity contribution in [2.75, 3.05) is 13.2 Å². The highest BCUT2D eigenvalue weighted by Crippen LogP contribution is 2.33. The molecule has 50 heavy (non-hydrogen) atoms. The van der Waals surface area contributed by atoms with Gasteiger partial charge in [-0.05, 0) is 50.8 Å². The van der Waals surface area contributed by atoms with Gasteiger partial charge in [0.2, 0.25) is 11.4 Å². The molecular formula is C33H27ClF2N6O8. The zero-order valence-corrected chi connectivity index (χ0v) is 26.9. The van der Waals surface area contributed by atoms with E-state index in [9.17, 15) is 19.1 Å². The summed E-state index contributed by atoms with van der Waals surface area (Å²) < 4.78 is 52.6. The van der Waals surface area contributed by atoms with Crippen LogP contribution in [0, 0.1) is 54.1 Å². The van der Waals surface area contributed by atoms with Gasteiger partial charge >= 0.3 is 11.9 Å². The van der Waals surface area contributed by atoms with Crippen LogP contribution in [0.2, 0.25) is 5.02 Å². The van der Waals surface area contributed by atoms with Gasteiger partial charge in [0, 0.05) is 47.8 Å². The Balaban J connectivity index is 1.10. The molecule has 14 nitrogen and oxygen atoms in total. The highest BCUT2D eigenvalue weighted by atomic mass is 35.5. The average molecular weight is 709 g/mol. The van der Waals surface area contributed by atoms with Gasteiger partial charge in [-0.2, -0.15) is 0 Å². The molecule has 0 amide bonds. The van der Waals surface area contributed by atoms with Crippen LogP contribution in [0.25, 0.3) is 0 Å². The lowest BCUT2D eigenvalue weighted by atomic mass is 9.87. The average Bonchev–Trinajstić information content (AvgIpc) is 3.78. The van der Waals surface area contributed by atoms with Crippen molar-refractivity contribution in [3.8, 4) is 46.9 Å². The highest BCUT2D eigenvalue weighted by Gasteiger charge is 2.33. The summed E-state index contributed by atoms with van der Waals surface area (Å²) >= 11 is 6.24. The number of H-pyrrole nitrogens is 2. The first-order valence-corrected chi connectivity index (χ1v) is 15.6. The molecule has 2 aromatic heterocycles. The maximum absolute atomic E-state index is 15.0. The quantitative estimate of drug-likeness (QED) is 0.185. The second-order valence-electron chi connectivity index (χ2n) is 11.4. The molecule has 2 aliphatic heterocycles. The first-order valence-electron chi connectivity index (χ1n) is 15.3. The summed E-state index contributed by atoms with van der Waals surface area (Å²) in [6.45, 7) is 2.48. The molecule has 4 aromatic rings. The molecule has 0 saturated carbocycles. The van der Waals surface area contributed by atoms with E-state index in [0.29, 0.717) is 50.0 Å². The molecule has 258 valence electrons. The molecule has 4 unspecified atom stereocenters. The van der Waals surface area contributed by atoms with Crippen LogP contribution in [0.4, 0.5) is 8.78 Å². The van der Waals surface area contributed by atoms with E-state index in [-0.39, 0.29) is 57.7 Å². The number of aromatic nitrogens is 6. The molecule has 0 spiro atoms. The van der Waals surface area contributed by atoms with Crippen LogP contribution in [0.5, 0.6) is 23.3 Å². The van der Waals surface area contributed by atoms with Gasteiger partial charge in [0.05, 0.1) is 17.2 Å². The van der Waals surface area contributed by atoms with E-state index in [4.69, 9.17) is 35.7 Å². The molecule has 2 saturated heterocycles. The fourth-order valence-electron chi connectivity index (χ4n) is 5.42. The SMILES string of the molecule is Cc1c(F)cc(Oc2nn[nH]c2C(=O)O)cc1C#CC1CCOC(C2CC(C#Cc3ccc(Oc4nn[nH]c4C(=O)O)c(F)c3Cl)CCO2)C1. The van der Waals surface area contributed by atoms with Gasteiger partial charge in [-0.25, -0.2) is 28.6 Å². The smallest absolute Gasteiger partial charge is 0.359 e. The van der Waals surface area contributed by atoms with Gasteiger partial charge in [-0.3, -0.25) is 0 Å². The number of rotatable bonds is 7. The monoisotopic (exact) mass is 708 g/mol. The van der Waals surface area contributed by atoms with Gasteiger partial charge < -0.3 is 29.2 Å². The standard InChI is InChI=1S/C33H27ClF2N6O8/c1-16-20(14-21(15-22(16)35)49-30-28(32(43)44)37-41-39-30)5-3-18-9-11-48-25(13-18)24-12-17(8-10-47-24)2-4-19-6-7-23(27(36)26(19)34)50-31-29(33(45)46)38-42-40-31/h6-7,14-15,17-18,24-25H,8-13H2,1H3,(H,43,44)(H,45,46)(H,37,39,41)(H,38,40,42). The first kappa shape index (κ1) is 34.3. The van der Waals surface area contributed by atoms with E-state index in [1.54, 1.807) is 6.92 Å². The number of nitrogens with zero attached hydrogens (tertiary/aromatic N) is 4. The third-order valence-corrected chi connectivity index (χ3v) is 8.48. The summed E-state index contributed by atoms with van der Waals surface area (Å²) in [5.41, 5.74) is 0.111. The molecule has 0 radical (unpaired) electrons. The lowest BCUT2D eigenvalue weighted by molar-refractivity contribution is -0.119. The summed E-state index contributed by atoms with van der Waals surface area (Å²) in [6, 6.07) is 5.38. The Hall–Kier alpha value is -5.55. The number of hydrogen-bond donors (Lipinski definition) is 4. The van der Waals surface area contributed by atoms with Crippen LogP contribution in [0.15, 0.2) is 24.3 Å².